The lowest BCUT2D eigenvalue weighted by atomic mass is 9.89. The third-order valence-electron chi connectivity index (χ3n) is 8.11. The van der Waals surface area contributed by atoms with Crippen LogP contribution in [0.5, 0.6) is 0 Å². The van der Waals surface area contributed by atoms with E-state index in [2.05, 4.69) is 44.3 Å². The van der Waals surface area contributed by atoms with Gasteiger partial charge in [-0.25, -0.2) is 0 Å². The Morgan fingerprint density at radius 1 is 1.00 bits per heavy atom. The molecule has 4 saturated heterocycles. The van der Waals surface area contributed by atoms with Crippen molar-refractivity contribution in [2.75, 3.05) is 18.0 Å². The van der Waals surface area contributed by atoms with Gasteiger partial charge in [0.05, 0.1) is 27.1 Å². The van der Waals surface area contributed by atoms with Crippen molar-refractivity contribution >= 4 is 53.3 Å². The van der Waals surface area contributed by atoms with Crippen molar-refractivity contribution in [2.45, 2.75) is 62.3 Å². The van der Waals surface area contributed by atoms with E-state index in [9.17, 15) is 9.59 Å². The quantitative estimate of drug-likeness (QED) is 0.453. The fraction of sp³-hybridized carbons (Fsp3) is 0.462. The minimum atomic E-state index is -0.322. The number of carbonyl (C=O) groups is 2. The van der Waals surface area contributed by atoms with Gasteiger partial charge < -0.3 is 4.90 Å². The summed E-state index contributed by atoms with van der Waals surface area (Å²) in [7, 11) is 0. The summed E-state index contributed by atoms with van der Waals surface area (Å²) in [5.74, 6) is -0.393. The van der Waals surface area contributed by atoms with E-state index in [1.165, 1.54) is 23.1 Å². The molecule has 5 aliphatic heterocycles. The Hall–Kier alpha value is -1.77. The van der Waals surface area contributed by atoms with Crippen molar-refractivity contribution in [2.24, 2.45) is 0 Å². The van der Waals surface area contributed by atoms with Gasteiger partial charge in [-0.1, -0.05) is 47.5 Å². The number of rotatable bonds is 4. The Morgan fingerprint density at radius 2 is 1.80 bits per heavy atom. The lowest BCUT2D eigenvalue weighted by Gasteiger charge is -2.53. The number of halogens is 2. The zero-order valence-electron chi connectivity index (χ0n) is 19.3. The molecule has 35 heavy (non-hydrogen) atoms. The fourth-order valence-corrected chi connectivity index (χ4v) is 7.19. The monoisotopic (exact) mass is 530 g/mol. The lowest BCUT2D eigenvalue weighted by molar-refractivity contribution is -0.137. The van der Waals surface area contributed by atoms with Crippen LogP contribution in [0, 0.1) is 0 Å². The minimum Gasteiger partial charge on any atom is -0.364 e. The molecule has 6 nitrogen and oxygen atoms in total. The van der Waals surface area contributed by atoms with Gasteiger partial charge in [0, 0.05) is 44.7 Å². The average Bonchev–Trinajstić information content (AvgIpc) is 3.18. The number of piperazine rings is 1. The van der Waals surface area contributed by atoms with E-state index in [0.29, 0.717) is 41.5 Å². The maximum atomic E-state index is 12.5. The molecule has 0 radical (unpaired) electrons. The van der Waals surface area contributed by atoms with E-state index in [4.69, 9.17) is 35.8 Å². The molecule has 4 unspecified atom stereocenters. The first kappa shape index (κ1) is 23.6. The summed E-state index contributed by atoms with van der Waals surface area (Å²) in [6, 6.07) is 12.8. The van der Waals surface area contributed by atoms with Gasteiger partial charge in [0.15, 0.2) is 0 Å². The van der Waals surface area contributed by atoms with Gasteiger partial charge in [0.1, 0.15) is 0 Å². The average molecular weight is 532 g/mol. The van der Waals surface area contributed by atoms with Crippen molar-refractivity contribution in [3.05, 3.63) is 63.1 Å². The second kappa shape index (κ2) is 9.27. The second-order valence-corrected chi connectivity index (χ2v) is 11.3. The van der Waals surface area contributed by atoms with Gasteiger partial charge in [-0.3, -0.25) is 24.7 Å². The van der Waals surface area contributed by atoms with E-state index < -0.39 is 0 Å². The SMILES string of the molecule is O=C1CCC(N2Cc3c(CN4CC5CCC4CN5c4cccc(Cl)c4Cl)cccc3C2S)C(=O)N1. The zero-order chi connectivity index (χ0) is 24.3. The van der Waals surface area contributed by atoms with Crippen LogP contribution in [-0.2, 0) is 22.7 Å². The fourth-order valence-electron chi connectivity index (χ4n) is 6.30. The minimum absolute atomic E-state index is 0.146. The van der Waals surface area contributed by atoms with Crippen molar-refractivity contribution < 1.29 is 9.59 Å². The molecule has 4 fully saturated rings. The summed E-state index contributed by atoms with van der Waals surface area (Å²) < 4.78 is 0. The highest BCUT2D eigenvalue weighted by molar-refractivity contribution is 7.80. The van der Waals surface area contributed by atoms with Crippen LogP contribution in [-0.4, -0.2) is 52.8 Å². The first-order valence-corrected chi connectivity index (χ1v) is 13.5. The molecule has 1 N–H and O–H groups in total. The predicted molar refractivity (Wildman–Crippen MR) is 141 cm³/mol. The molecule has 2 amide bonds. The van der Waals surface area contributed by atoms with Crippen LogP contribution in [0.3, 0.4) is 0 Å². The number of thiol groups is 1. The molecule has 0 aromatic heterocycles. The number of nitrogens with one attached hydrogen (secondary N) is 1. The van der Waals surface area contributed by atoms with Crippen LogP contribution in [0.4, 0.5) is 5.69 Å². The van der Waals surface area contributed by atoms with E-state index in [-0.39, 0.29) is 23.2 Å². The number of benzene rings is 2. The molecule has 5 aliphatic rings. The molecule has 7 rings (SSSR count). The third kappa shape index (κ3) is 4.15. The Morgan fingerprint density at radius 3 is 2.57 bits per heavy atom. The van der Waals surface area contributed by atoms with Crippen LogP contribution in [0.1, 0.15) is 47.7 Å². The van der Waals surface area contributed by atoms with E-state index in [1.54, 1.807) is 0 Å². The Balaban J connectivity index is 1.20. The molecule has 2 bridgehead atoms. The van der Waals surface area contributed by atoms with Gasteiger partial charge in [0.2, 0.25) is 11.8 Å². The molecule has 0 aliphatic carbocycles. The summed E-state index contributed by atoms with van der Waals surface area (Å²) >= 11 is 17.7. The molecule has 0 spiro atoms. The number of hydrogen-bond donors (Lipinski definition) is 2. The van der Waals surface area contributed by atoms with Crippen molar-refractivity contribution in [1.82, 2.24) is 15.1 Å². The Kier molecular flexibility index (Phi) is 6.26. The highest BCUT2D eigenvalue weighted by Gasteiger charge is 2.42. The third-order valence-corrected chi connectivity index (χ3v) is 9.49. The summed E-state index contributed by atoms with van der Waals surface area (Å²) in [6.07, 6.45) is 3.24. The first-order valence-electron chi connectivity index (χ1n) is 12.2. The normalized spacial score (nSPS) is 28.9. The first-order chi connectivity index (χ1) is 16.9. The van der Waals surface area contributed by atoms with E-state index >= 15 is 0 Å². The Labute approximate surface area is 220 Å². The zero-order valence-corrected chi connectivity index (χ0v) is 21.7. The van der Waals surface area contributed by atoms with Gasteiger partial charge in [0.25, 0.3) is 0 Å². The number of fused-ring (bicyclic) bond motifs is 4. The number of imide groups is 1. The number of anilines is 1. The number of hydrogen-bond acceptors (Lipinski definition) is 6. The summed E-state index contributed by atoms with van der Waals surface area (Å²) in [6.45, 7) is 3.49. The van der Waals surface area contributed by atoms with Gasteiger partial charge in [-0.15, -0.1) is 0 Å². The van der Waals surface area contributed by atoms with Crippen molar-refractivity contribution in [3.8, 4) is 0 Å². The largest absolute Gasteiger partial charge is 0.364 e. The van der Waals surface area contributed by atoms with Crippen LogP contribution in [0.15, 0.2) is 36.4 Å². The molecular formula is C26H28Cl2N4O2S. The molecular weight excluding hydrogens is 503 g/mol. The number of piperidine rings is 3. The molecule has 184 valence electrons. The van der Waals surface area contributed by atoms with E-state index in [1.807, 2.05) is 12.1 Å². The number of nitrogens with zero attached hydrogens (tertiary/aromatic N) is 3. The van der Waals surface area contributed by atoms with Crippen LogP contribution >= 0.6 is 35.8 Å². The summed E-state index contributed by atoms with van der Waals surface area (Å²) in [5.41, 5.74) is 4.78. The van der Waals surface area contributed by atoms with Gasteiger partial charge >= 0.3 is 0 Å². The highest BCUT2D eigenvalue weighted by Crippen LogP contribution is 2.43. The smallest absolute Gasteiger partial charge is 0.243 e. The van der Waals surface area contributed by atoms with Crippen molar-refractivity contribution in [1.29, 1.82) is 0 Å². The maximum Gasteiger partial charge on any atom is 0.243 e. The molecule has 4 atom stereocenters. The lowest BCUT2D eigenvalue weighted by Crippen LogP contribution is -2.62. The molecule has 9 heteroatoms. The van der Waals surface area contributed by atoms with Gasteiger partial charge in [-0.05, 0) is 48.1 Å². The molecule has 2 aromatic rings. The second-order valence-electron chi connectivity index (χ2n) is 10.0. The summed E-state index contributed by atoms with van der Waals surface area (Å²) in [5, 5.41) is 3.59. The van der Waals surface area contributed by atoms with Crippen LogP contribution in [0.2, 0.25) is 10.0 Å². The molecule has 0 saturated carbocycles. The van der Waals surface area contributed by atoms with E-state index in [0.717, 1.165) is 31.7 Å². The molecule has 5 heterocycles. The number of amides is 2. The number of carbonyl (C=O) groups excluding carboxylic acids is 2. The van der Waals surface area contributed by atoms with Crippen LogP contribution < -0.4 is 10.2 Å². The highest BCUT2D eigenvalue weighted by atomic mass is 35.5. The summed E-state index contributed by atoms with van der Waals surface area (Å²) in [4.78, 5) is 31.3. The predicted octanol–water partition coefficient (Wildman–Crippen LogP) is 4.40. The van der Waals surface area contributed by atoms with Crippen molar-refractivity contribution in [3.63, 3.8) is 0 Å². The topological polar surface area (TPSA) is 55.9 Å². The maximum absolute atomic E-state index is 12.5. The van der Waals surface area contributed by atoms with Crippen LogP contribution in [0.25, 0.3) is 0 Å². The molecule has 2 aromatic carbocycles. The standard InChI is InChI=1S/C26H28Cl2N4O2S/c27-20-5-2-6-21(24(20)28)31-13-16-7-8-17(31)12-30(16)11-15-3-1-4-18-19(15)14-32(26(18)35)22-9-10-23(33)29-25(22)34/h1-6,16-17,22,26,35H,7-14H2,(H,29,33,34). The van der Waals surface area contributed by atoms with Gasteiger partial charge in [-0.2, -0.15) is 12.6 Å². The Bertz CT molecular complexity index is 1190.